The van der Waals surface area contributed by atoms with E-state index in [1.807, 2.05) is 6.92 Å². The summed E-state index contributed by atoms with van der Waals surface area (Å²) in [7, 11) is -6.01. The van der Waals surface area contributed by atoms with Crippen LogP contribution >= 0.6 is 0 Å². The highest BCUT2D eigenvalue weighted by Gasteiger charge is 2.30. The molecule has 1 saturated heterocycles. The zero-order chi connectivity index (χ0) is 12.2. The summed E-state index contributed by atoms with van der Waals surface area (Å²) in [6.07, 6.45) is 0. The van der Waals surface area contributed by atoms with E-state index >= 15 is 0 Å². The lowest BCUT2D eigenvalue weighted by atomic mass is 10.3. The van der Waals surface area contributed by atoms with E-state index in [2.05, 4.69) is 0 Å². The third kappa shape index (κ3) is 4.46. The zero-order valence-electron chi connectivity index (χ0n) is 9.25. The van der Waals surface area contributed by atoms with Crippen molar-refractivity contribution in [2.45, 2.75) is 6.92 Å². The average Bonchev–Trinajstić information content (AvgIpc) is 2.16. The van der Waals surface area contributed by atoms with E-state index in [1.54, 1.807) is 0 Å². The minimum atomic E-state index is -4.40. The summed E-state index contributed by atoms with van der Waals surface area (Å²) >= 11 is 0. The second-order valence-corrected chi connectivity index (χ2v) is 7.16. The van der Waals surface area contributed by atoms with Gasteiger partial charge in [-0.1, -0.05) is 0 Å². The zero-order valence-corrected chi connectivity index (χ0v) is 10.9. The molecule has 0 amide bonds. The Balaban J connectivity index is 2.59. The first kappa shape index (κ1) is 14.0. The van der Waals surface area contributed by atoms with Crippen molar-refractivity contribution in [3.8, 4) is 0 Å². The Morgan fingerprint density at radius 1 is 1.38 bits per heavy atom. The number of morpholine rings is 1. The molecule has 0 aromatic rings. The third-order valence-electron chi connectivity index (χ3n) is 2.78. The van der Waals surface area contributed by atoms with Gasteiger partial charge in [-0.05, 0) is 6.92 Å². The van der Waals surface area contributed by atoms with Crippen molar-refractivity contribution in [3.05, 3.63) is 0 Å². The molecule has 1 rings (SSSR count). The van der Waals surface area contributed by atoms with Crippen LogP contribution in [0.4, 0.5) is 0 Å². The molecule has 16 heavy (non-hydrogen) atoms. The van der Waals surface area contributed by atoms with Gasteiger partial charge in [0.2, 0.25) is 0 Å². The lowest BCUT2D eigenvalue weighted by Crippen LogP contribution is -2.56. The SMILES string of the molecule is CC[N+]1(CS(=O)CS(=O)(=O)[O-])CCOCC1. The van der Waals surface area contributed by atoms with Gasteiger partial charge >= 0.3 is 0 Å². The molecule has 96 valence electrons. The molecule has 1 aliphatic rings. The lowest BCUT2D eigenvalue weighted by molar-refractivity contribution is -0.922. The van der Waals surface area contributed by atoms with Crippen LogP contribution in [0.1, 0.15) is 6.92 Å². The normalized spacial score (nSPS) is 22.9. The third-order valence-corrected chi connectivity index (χ3v) is 5.83. The smallest absolute Gasteiger partial charge is 0.156 e. The monoisotopic (exact) mass is 271 g/mol. The maximum absolute atomic E-state index is 11.6. The number of hydrogen-bond donors (Lipinski definition) is 0. The molecular weight excluding hydrogens is 254 g/mol. The Hall–Kier alpha value is -0.0200. The van der Waals surface area contributed by atoms with Crippen LogP contribution in [0.15, 0.2) is 0 Å². The molecule has 6 nitrogen and oxygen atoms in total. The van der Waals surface area contributed by atoms with E-state index in [0.29, 0.717) is 17.7 Å². The average molecular weight is 271 g/mol. The standard InChI is InChI=1S/C8H17NO5S2/c1-2-9(3-5-14-6-4-9)7-15(10)8-16(11,12)13/h2-8H2,1H3. The topological polar surface area (TPSA) is 83.5 Å². The van der Waals surface area contributed by atoms with Crippen molar-refractivity contribution in [1.82, 2.24) is 0 Å². The summed E-state index contributed by atoms with van der Waals surface area (Å²) in [5.41, 5.74) is 0. The first-order valence-corrected chi connectivity index (χ1v) is 8.15. The van der Waals surface area contributed by atoms with E-state index in [-0.39, 0.29) is 5.88 Å². The Labute approximate surface area is 98.4 Å². The highest BCUT2D eigenvalue weighted by Crippen LogP contribution is 2.12. The minimum absolute atomic E-state index is 0.224. The fourth-order valence-corrected chi connectivity index (χ4v) is 4.41. The molecule has 0 aromatic heterocycles. The number of quaternary nitrogens is 1. The lowest BCUT2D eigenvalue weighted by Gasteiger charge is -2.39. The molecule has 1 unspecified atom stereocenters. The van der Waals surface area contributed by atoms with Crippen molar-refractivity contribution in [3.63, 3.8) is 0 Å². The molecule has 8 heteroatoms. The van der Waals surface area contributed by atoms with E-state index in [0.717, 1.165) is 19.6 Å². The molecule has 0 saturated carbocycles. The summed E-state index contributed by atoms with van der Waals surface area (Å²) in [6, 6.07) is 0. The van der Waals surface area contributed by atoms with Crippen LogP contribution in [0.2, 0.25) is 0 Å². The van der Waals surface area contributed by atoms with Gasteiger partial charge in [0.25, 0.3) is 0 Å². The van der Waals surface area contributed by atoms with Crippen molar-refractivity contribution in [2.75, 3.05) is 43.8 Å². The number of likely N-dealkylation sites (N-methyl/N-ethyl adjacent to an activating group) is 1. The van der Waals surface area contributed by atoms with Crippen molar-refractivity contribution in [1.29, 1.82) is 0 Å². The van der Waals surface area contributed by atoms with Crippen LogP contribution in [-0.2, 0) is 25.7 Å². The van der Waals surface area contributed by atoms with E-state index in [4.69, 9.17) is 4.74 Å². The van der Waals surface area contributed by atoms with E-state index in [1.165, 1.54) is 0 Å². The number of nitrogens with zero attached hydrogens (tertiary/aromatic N) is 1. The second-order valence-electron chi connectivity index (χ2n) is 3.96. The molecule has 0 bridgehead atoms. The molecule has 0 aromatic carbocycles. The Morgan fingerprint density at radius 2 is 1.94 bits per heavy atom. The summed E-state index contributed by atoms with van der Waals surface area (Å²) in [5.74, 6) is 0.224. The van der Waals surface area contributed by atoms with Gasteiger partial charge in [-0.15, -0.1) is 0 Å². The van der Waals surface area contributed by atoms with E-state index < -0.39 is 26.0 Å². The van der Waals surface area contributed by atoms with Crippen LogP contribution in [0, 0.1) is 0 Å². The van der Waals surface area contributed by atoms with Crippen molar-refractivity contribution >= 4 is 20.9 Å². The molecule has 1 fully saturated rings. The first-order valence-electron chi connectivity index (χ1n) is 5.08. The summed E-state index contributed by atoms with van der Waals surface area (Å²) in [5, 5.41) is -0.784. The predicted octanol–water partition coefficient (Wildman–Crippen LogP) is -0.938. The van der Waals surface area contributed by atoms with Crippen LogP contribution in [-0.4, -0.2) is 65.5 Å². The predicted molar refractivity (Wildman–Crippen MR) is 58.9 cm³/mol. The fraction of sp³-hybridized carbons (Fsp3) is 1.00. The summed E-state index contributed by atoms with van der Waals surface area (Å²) < 4.78 is 48.8. The van der Waals surface area contributed by atoms with Crippen molar-refractivity contribution < 1.29 is 26.4 Å². The van der Waals surface area contributed by atoms with Gasteiger partial charge in [0, 0.05) is 0 Å². The van der Waals surface area contributed by atoms with Crippen molar-refractivity contribution in [2.24, 2.45) is 0 Å². The van der Waals surface area contributed by atoms with Gasteiger partial charge in [-0.3, -0.25) is 4.21 Å². The molecule has 0 N–H and O–H groups in total. The highest BCUT2D eigenvalue weighted by atomic mass is 32.3. The van der Waals surface area contributed by atoms with E-state index in [9.17, 15) is 17.2 Å². The maximum atomic E-state index is 11.6. The van der Waals surface area contributed by atoms with Crippen LogP contribution < -0.4 is 0 Å². The Kier molecular flexibility index (Phi) is 4.87. The molecule has 1 heterocycles. The molecule has 0 spiro atoms. The number of rotatable bonds is 5. The van der Waals surface area contributed by atoms with Gasteiger partial charge < -0.3 is 13.8 Å². The molecular formula is C8H17NO5S2. The largest absolute Gasteiger partial charge is 0.747 e. The number of hydrogen-bond acceptors (Lipinski definition) is 5. The second kappa shape index (κ2) is 5.54. The minimum Gasteiger partial charge on any atom is -0.747 e. The molecule has 1 atom stereocenters. The van der Waals surface area contributed by atoms with Crippen LogP contribution in [0.3, 0.4) is 0 Å². The molecule has 0 radical (unpaired) electrons. The maximum Gasteiger partial charge on any atom is 0.156 e. The van der Waals surface area contributed by atoms with Gasteiger partial charge in [-0.25, -0.2) is 8.42 Å². The summed E-state index contributed by atoms with van der Waals surface area (Å²) in [6.45, 7) is 5.37. The quantitative estimate of drug-likeness (QED) is 0.476. The van der Waals surface area contributed by atoms with Gasteiger partial charge in [0.15, 0.2) is 5.88 Å². The fourth-order valence-electron chi connectivity index (χ4n) is 1.77. The highest BCUT2D eigenvalue weighted by molar-refractivity contribution is 8.02. The van der Waals surface area contributed by atoms with Crippen LogP contribution in [0.25, 0.3) is 0 Å². The Bertz CT molecular complexity index is 347. The summed E-state index contributed by atoms with van der Waals surface area (Å²) in [4.78, 5) is 0. The van der Waals surface area contributed by atoms with Gasteiger partial charge in [0.1, 0.15) is 28.3 Å². The molecule has 1 aliphatic heterocycles. The molecule has 0 aliphatic carbocycles. The first-order chi connectivity index (χ1) is 7.37. The van der Waals surface area contributed by atoms with Gasteiger partial charge in [-0.2, -0.15) is 0 Å². The Morgan fingerprint density at radius 3 is 2.38 bits per heavy atom. The van der Waals surface area contributed by atoms with Crippen LogP contribution in [0.5, 0.6) is 0 Å². The van der Waals surface area contributed by atoms with Gasteiger partial charge in [0.05, 0.1) is 30.6 Å². The number of ether oxygens (including phenoxy) is 1.